The molecule has 0 heterocycles. The van der Waals surface area contributed by atoms with Crippen molar-refractivity contribution in [1.29, 1.82) is 0 Å². The molecule has 0 aromatic rings. The number of rotatable bonds is 9. The molecule has 5 nitrogen and oxygen atoms in total. The molecule has 0 atom stereocenters. The van der Waals surface area contributed by atoms with Crippen LogP contribution < -0.4 is 0 Å². The van der Waals surface area contributed by atoms with Crippen molar-refractivity contribution in [3.8, 4) is 0 Å². The van der Waals surface area contributed by atoms with Gasteiger partial charge in [-0.3, -0.25) is 0 Å². The minimum atomic E-state index is -2.54. The van der Waals surface area contributed by atoms with Crippen molar-refractivity contribution < 1.29 is 22.8 Å². The molecule has 0 saturated carbocycles. The molecule has 0 radical (unpaired) electrons. The van der Waals surface area contributed by atoms with Gasteiger partial charge in [0.25, 0.3) is 0 Å². The number of hydrogen-bond acceptors (Lipinski definition) is 5. The van der Waals surface area contributed by atoms with Gasteiger partial charge in [0, 0.05) is 33.4 Å². The fourth-order valence-corrected chi connectivity index (χ4v) is 3.05. The zero-order valence-electron chi connectivity index (χ0n) is 11.9. The third-order valence-electron chi connectivity index (χ3n) is 2.73. The Morgan fingerprint density at radius 3 is 2.17 bits per heavy atom. The minimum absolute atomic E-state index is 0.297. The first-order valence-electron chi connectivity index (χ1n) is 6.03. The molecule has 0 saturated heterocycles. The fraction of sp³-hybridized carbons (Fsp3) is 0.750. The summed E-state index contributed by atoms with van der Waals surface area (Å²) in [5, 5.41) is 0. The van der Waals surface area contributed by atoms with E-state index >= 15 is 0 Å². The van der Waals surface area contributed by atoms with Gasteiger partial charge in [0.05, 0.1) is 6.61 Å². The lowest BCUT2D eigenvalue weighted by Gasteiger charge is -2.23. The first-order chi connectivity index (χ1) is 8.53. The van der Waals surface area contributed by atoms with Crippen LogP contribution in [-0.2, 0) is 22.8 Å². The maximum absolute atomic E-state index is 11.4. The second-order valence-electron chi connectivity index (χ2n) is 3.91. The number of carbonyl (C=O) groups is 1. The highest BCUT2D eigenvalue weighted by molar-refractivity contribution is 6.60. The maximum atomic E-state index is 11.4. The summed E-state index contributed by atoms with van der Waals surface area (Å²) in [6.07, 6.45) is 3.03. The van der Waals surface area contributed by atoms with E-state index in [1.54, 1.807) is 21.3 Å². The Kier molecular flexibility index (Phi) is 8.91. The molecule has 0 aliphatic carbocycles. The van der Waals surface area contributed by atoms with E-state index in [9.17, 15) is 4.79 Å². The Hall–Kier alpha value is -0.693. The van der Waals surface area contributed by atoms with Crippen molar-refractivity contribution in [1.82, 2.24) is 0 Å². The molecule has 18 heavy (non-hydrogen) atoms. The molecule has 0 spiro atoms. The van der Waals surface area contributed by atoms with Crippen LogP contribution in [0.3, 0.4) is 0 Å². The van der Waals surface area contributed by atoms with Gasteiger partial charge in [-0.1, -0.05) is 12.5 Å². The summed E-state index contributed by atoms with van der Waals surface area (Å²) in [6, 6.07) is 0.625. The molecule has 0 amide bonds. The monoisotopic (exact) mass is 276 g/mol. The van der Waals surface area contributed by atoms with Gasteiger partial charge in [0.2, 0.25) is 0 Å². The van der Waals surface area contributed by atoms with Gasteiger partial charge in [-0.2, -0.15) is 0 Å². The highest BCUT2D eigenvalue weighted by atomic mass is 28.4. The number of esters is 1. The summed E-state index contributed by atoms with van der Waals surface area (Å²) in [6.45, 7) is 4.24. The third-order valence-corrected chi connectivity index (χ3v) is 5.56. The van der Waals surface area contributed by atoms with Gasteiger partial charge in [0.15, 0.2) is 0 Å². The second kappa shape index (κ2) is 9.27. The first kappa shape index (κ1) is 17.3. The zero-order valence-corrected chi connectivity index (χ0v) is 12.9. The van der Waals surface area contributed by atoms with Crippen molar-refractivity contribution in [3.05, 3.63) is 11.6 Å². The average molecular weight is 276 g/mol. The van der Waals surface area contributed by atoms with E-state index < -0.39 is 8.80 Å². The number of carbonyl (C=O) groups excluding carboxylic acids is 1. The summed E-state index contributed by atoms with van der Waals surface area (Å²) < 4.78 is 20.9. The van der Waals surface area contributed by atoms with E-state index in [2.05, 4.69) is 0 Å². The zero-order chi connectivity index (χ0) is 14.0. The van der Waals surface area contributed by atoms with E-state index in [-0.39, 0.29) is 5.97 Å². The predicted octanol–water partition coefficient (Wildman–Crippen LogP) is 2.15. The first-order valence-corrected chi connectivity index (χ1v) is 7.96. The quantitative estimate of drug-likeness (QED) is 0.279. The Morgan fingerprint density at radius 1 is 1.17 bits per heavy atom. The van der Waals surface area contributed by atoms with Crippen molar-refractivity contribution in [2.24, 2.45) is 0 Å². The van der Waals surface area contributed by atoms with Crippen LogP contribution >= 0.6 is 0 Å². The Bertz CT molecular complexity index is 265. The largest absolute Gasteiger partial charge is 0.500 e. The summed E-state index contributed by atoms with van der Waals surface area (Å²) in [5.41, 5.74) is 1.01. The lowest BCUT2D eigenvalue weighted by Crippen LogP contribution is -2.42. The molecule has 0 fully saturated rings. The lowest BCUT2D eigenvalue weighted by molar-refractivity contribution is -0.137. The van der Waals surface area contributed by atoms with Crippen LogP contribution in [-0.4, -0.2) is 42.7 Å². The molecule has 0 unspecified atom stereocenters. The van der Waals surface area contributed by atoms with E-state index in [0.717, 1.165) is 12.0 Å². The van der Waals surface area contributed by atoms with E-state index in [4.69, 9.17) is 18.0 Å². The number of ether oxygens (including phenoxy) is 1. The summed E-state index contributed by atoms with van der Waals surface area (Å²) in [7, 11) is 2.17. The lowest BCUT2D eigenvalue weighted by atomic mass is 10.2. The highest BCUT2D eigenvalue weighted by Gasteiger charge is 2.36. The van der Waals surface area contributed by atoms with Gasteiger partial charge >= 0.3 is 14.8 Å². The number of allylic oxidation sites excluding steroid dienone is 1. The van der Waals surface area contributed by atoms with Crippen LogP contribution in [0, 0.1) is 0 Å². The maximum Gasteiger partial charge on any atom is 0.500 e. The fourth-order valence-electron chi connectivity index (χ4n) is 1.36. The van der Waals surface area contributed by atoms with E-state index in [1.165, 1.54) is 6.08 Å². The molecule has 0 aliphatic rings. The van der Waals surface area contributed by atoms with E-state index in [1.807, 2.05) is 13.8 Å². The Morgan fingerprint density at radius 2 is 1.72 bits per heavy atom. The summed E-state index contributed by atoms with van der Waals surface area (Å²) in [4.78, 5) is 11.4. The van der Waals surface area contributed by atoms with Crippen LogP contribution in [0.25, 0.3) is 0 Å². The van der Waals surface area contributed by atoms with E-state index in [0.29, 0.717) is 19.1 Å². The van der Waals surface area contributed by atoms with Crippen LogP contribution in [0.4, 0.5) is 0 Å². The topological polar surface area (TPSA) is 54.0 Å². The van der Waals surface area contributed by atoms with Gasteiger partial charge in [0.1, 0.15) is 0 Å². The van der Waals surface area contributed by atoms with Gasteiger partial charge in [-0.15, -0.1) is 0 Å². The molecule has 0 aliphatic heterocycles. The SMILES string of the molecule is CCC(C)=CC(=O)OCCC[Si](OC)(OC)OC. The van der Waals surface area contributed by atoms with Crippen molar-refractivity contribution in [2.75, 3.05) is 27.9 Å². The van der Waals surface area contributed by atoms with Gasteiger partial charge < -0.3 is 18.0 Å². The predicted molar refractivity (Wildman–Crippen MR) is 71.2 cm³/mol. The summed E-state index contributed by atoms with van der Waals surface area (Å²) in [5.74, 6) is -0.297. The van der Waals surface area contributed by atoms with Crippen LogP contribution in [0.15, 0.2) is 11.6 Å². The smallest absolute Gasteiger partial charge is 0.463 e. The normalized spacial score (nSPS) is 12.6. The highest BCUT2D eigenvalue weighted by Crippen LogP contribution is 2.14. The summed E-state index contributed by atoms with van der Waals surface area (Å²) >= 11 is 0. The van der Waals surface area contributed by atoms with Crippen LogP contribution in [0.5, 0.6) is 0 Å². The average Bonchev–Trinajstić information content (AvgIpc) is 2.39. The third kappa shape index (κ3) is 6.30. The number of hydrogen-bond donors (Lipinski definition) is 0. The molecule has 106 valence electrons. The molecular weight excluding hydrogens is 252 g/mol. The van der Waals surface area contributed by atoms with Crippen molar-refractivity contribution in [3.63, 3.8) is 0 Å². The molecule has 0 N–H and O–H groups in total. The van der Waals surface area contributed by atoms with Gasteiger partial charge in [-0.05, 0) is 19.8 Å². The Balaban J connectivity index is 3.96. The van der Waals surface area contributed by atoms with Crippen molar-refractivity contribution in [2.45, 2.75) is 32.7 Å². The molecule has 0 bridgehead atoms. The second-order valence-corrected chi connectivity index (χ2v) is 7.00. The van der Waals surface area contributed by atoms with Crippen LogP contribution in [0.1, 0.15) is 26.7 Å². The van der Waals surface area contributed by atoms with Crippen LogP contribution in [0.2, 0.25) is 6.04 Å². The van der Waals surface area contributed by atoms with Gasteiger partial charge in [-0.25, -0.2) is 4.79 Å². The molecule has 0 aromatic carbocycles. The molecule has 0 rings (SSSR count). The molecular formula is C12H24O5Si. The molecule has 0 aromatic heterocycles. The minimum Gasteiger partial charge on any atom is -0.463 e. The molecule has 6 heteroatoms. The standard InChI is InChI=1S/C12H24O5Si/c1-6-11(2)10-12(13)17-8-7-9-18(14-3,15-4)16-5/h10H,6-9H2,1-5H3. The Labute approximate surface area is 110 Å². The van der Waals surface area contributed by atoms with Crippen molar-refractivity contribution >= 4 is 14.8 Å².